The predicted molar refractivity (Wildman–Crippen MR) is 102 cm³/mol. The molecule has 0 aliphatic carbocycles. The van der Waals surface area contributed by atoms with E-state index in [2.05, 4.69) is 35.2 Å². The van der Waals surface area contributed by atoms with Crippen LogP contribution in [0.5, 0.6) is 11.5 Å². The Kier molecular flexibility index (Phi) is 5.57. The lowest BCUT2D eigenvalue weighted by Gasteiger charge is -2.25. The van der Waals surface area contributed by atoms with Gasteiger partial charge in [0.05, 0.1) is 13.2 Å². The molecule has 3 rings (SSSR count). The minimum Gasteiger partial charge on any atom is -0.494 e. The molecular formula is C22H22NO2. The molecular weight excluding hydrogens is 310 g/mol. The fraction of sp³-hybridized carbons (Fsp3) is 0.182. The highest BCUT2D eigenvalue weighted by atomic mass is 16.5. The number of rotatable bonds is 7. The van der Waals surface area contributed by atoms with Gasteiger partial charge in [-0.1, -0.05) is 12.1 Å². The Balaban J connectivity index is 1.98. The highest BCUT2D eigenvalue weighted by molar-refractivity contribution is 5.76. The molecule has 0 spiro atoms. The maximum absolute atomic E-state index is 5.55. The van der Waals surface area contributed by atoms with Crippen molar-refractivity contribution in [3.05, 3.63) is 78.9 Å². The molecule has 3 aromatic rings. The largest absolute Gasteiger partial charge is 0.494 e. The molecule has 0 unspecified atom stereocenters. The van der Waals surface area contributed by atoms with Crippen LogP contribution in [-0.2, 0) is 0 Å². The van der Waals surface area contributed by atoms with Gasteiger partial charge in [0.2, 0.25) is 0 Å². The standard InChI is InChI=1S/C22H22NO2/c1-3-24-21-14-10-19(11-15-21)23(18-8-6-5-7-9-18)20-12-16-22(17-13-20)25-4-2/h6-17H,3-4H2,1-2H3. The molecule has 0 fully saturated rings. The molecule has 0 aliphatic rings. The molecule has 127 valence electrons. The van der Waals surface area contributed by atoms with Crippen molar-refractivity contribution in [1.82, 2.24) is 0 Å². The quantitative estimate of drug-likeness (QED) is 0.549. The molecule has 0 heterocycles. The van der Waals surface area contributed by atoms with E-state index in [1.54, 1.807) is 0 Å². The van der Waals surface area contributed by atoms with E-state index in [1.807, 2.05) is 62.4 Å². The highest BCUT2D eigenvalue weighted by Gasteiger charge is 2.12. The summed E-state index contributed by atoms with van der Waals surface area (Å²) in [6, 6.07) is 27.3. The smallest absolute Gasteiger partial charge is 0.119 e. The zero-order valence-electron chi connectivity index (χ0n) is 14.6. The predicted octanol–water partition coefficient (Wildman–Crippen LogP) is 5.75. The van der Waals surface area contributed by atoms with Crippen molar-refractivity contribution in [2.24, 2.45) is 0 Å². The van der Waals surface area contributed by atoms with E-state index < -0.39 is 0 Å². The molecule has 0 atom stereocenters. The van der Waals surface area contributed by atoms with Crippen LogP contribution in [0.4, 0.5) is 17.1 Å². The molecule has 0 amide bonds. The molecule has 3 heteroatoms. The van der Waals surface area contributed by atoms with Crippen LogP contribution in [0, 0.1) is 6.07 Å². The van der Waals surface area contributed by atoms with E-state index in [-0.39, 0.29) is 0 Å². The van der Waals surface area contributed by atoms with Crippen molar-refractivity contribution in [1.29, 1.82) is 0 Å². The third kappa shape index (κ3) is 4.13. The molecule has 0 saturated heterocycles. The fourth-order valence-corrected chi connectivity index (χ4v) is 2.69. The second-order valence-corrected chi connectivity index (χ2v) is 5.45. The third-order valence-electron chi connectivity index (χ3n) is 3.77. The molecule has 3 nitrogen and oxygen atoms in total. The summed E-state index contributed by atoms with van der Waals surface area (Å²) in [6.45, 7) is 5.30. The van der Waals surface area contributed by atoms with Crippen LogP contribution in [0.3, 0.4) is 0 Å². The van der Waals surface area contributed by atoms with E-state index in [0.717, 1.165) is 28.6 Å². The van der Waals surface area contributed by atoms with Gasteiger partial charge >= 0.3 is 0 Å². The SMILES string of the molecule is CCOc1ccc(N(c2cc[c]cc2)c2ccc(OCC)cc2)cc1. The van der Waals surface area contributed by atoms with Crippen LogP contribution in [0.1, 0.15) is 13.8 Å². The Hall–Kier alpha value is -2.94. The number of hydrogen-bond acceptors (Lipinski definition) is 3. The minimum absolute atomic E-state index is 0.663. The average Bonchev–Trinajstić information content (AvgIpc) is 2.66. The van der Waals surface area contributed by atoms with Crippen LogP contribution in [0.25, 0.3) is 0 Å². The van der Waals surface area contributed by atoms with Crippen LogP contribution in [0.15, 0.2) is 72.8 Å². The Bertz CT molecular complexity index is 718. The maximum Gasteiger partial charge on any atom is 0.119 e. The summed E-state index contributed by atoms with van der Waals surface area (Å²) in [4.78, 5) is 2.19. The Morgan fingerprint density at radius 3 is 1.44 bits per heavy atom. The maximum atomic E-state index is 5.55. The Morgan fingerprint density at radius 2 is 1.04 bits per heavy atom. The lowest BCUT2D eigenvalue weighted by molar-refractivity contribution is 0.340. The lowest BCUT2D eigenvalue weighted by atomic mass is 10.2. The molecule has 0 saturated carbocycles. The van der Waals surface area contributed by atoms with Gasteiger partial charge in [-0.15, -0.1) is 0 Å². The first-order valence-corrected chi connectivity index (χ1v) is 8.53. The molecule has 0 aromatic heterocycles. The first-order chi connectivity index (χ1) is 12.3. The first kappa shape index (κ1) is 16.9. The van der Waals surface area contributed by atoms with Gasteiger partial charge in [0.25, 0.3) is 0 Å². The number of nitrogens with zero attached hydrogens (tertiary/aromatic N) is 1. The Morgan fingerprint density at radius 1 is 0.640 bits per heavy atom. The average molecular weight is 332 g/mol. The molecule has 0 aliphatic heterocycles. The summed E-state index contributed by atoms with van der Waals surface area (Å²) in [7, 11) is 0. The molecule has 3 aromatic carbocycles. The van der Waals surface area contributed by atoms with Gasteiger partial charge in [0.15, 0.2) is 0 Å². The van der Waals surface area contributed by atoms with Crippen LogP contribution in [0.2, 0.25) is 0 Å². The third-order valence-corrected chi connectivity index (χ3v) is 3.77. The highest BCUT2D eigenvalue weighted by Crippen LogP contribution is 2.35. The summed E-state index contributed by atoms with van der Waals surface area (Å²) in [6.07, 6.45) is 0. The summed E-state index contributed by atoms with van der Waals surface area (Å²) in [5.41, 5.74) is 3.21. The van der Waals surface area contributed by atoms with Crippen molar-refractivity contribution in [2.45, 2.75) is 13.8 Å². The van der Waals surface area contributed by atoms with Gasteiger partial charge in [-0.3, -0.25) is 0 Å². The van der Waals surface area contributed by atoms with E-state index >= 15 is 0 Å². The molecule has 0 bridgehead atoms. The van der Waals surface area contributed by atoms with Gasteiger partial charge in [0.1, 0.15) is 11.5 Å². The Labute approximate surface area is 149 Å². The van der Waals surface area contributed by atoms with Crippen molar-refractivity contribution in [3.8, 4) is 11.5 Å². The molecule has 25 heavy (non-hydrogen) atoms. The lowest BCUT2D eigenvalue weighted by Crippen LogP contribution is -2.09. The first-order valence-electron chi connectivity index (χ1n) is 8.53. The molecule has 1 radical (unpaired) electrons. The fourth-order valence-electron chi connectivity index (χ4n) is 2.69. The van der Waals surface area contributed by atoms with Crippen LogP contribution >= 0.6 is 0 Å². The van der Waals surface area contributed by atoms with Crippen LogP contribution < -0.4 is 14.4 Å². The normalized spacial score (nSPS) is 10.3. The monoisotopic (exact) mass is 332 g/mol. The van der Waals surface area contributed by atoms with Gasteiger partial charge in [-0.25, -0.2) is 0 Å². The number of benzene rings is 3. The second kappa shape index (κ2) is 8.25. The van der Waals surface area contributed by atoms with Gasteiger partial charge < -0.3 is 14.4 Å². The number of hydrogen-bond donors (Lipinski definition) is 0. The van der Waals surface area contributed by atoms with Crippen LogP contribution in [-0.4, -0.2) is 13.2 Å². The number of anilines is 3. The zero-order valence-corrected chi connectivity index (χ0v) is 14.6. The topological polar surface area (TPSA) is 21.7 Å². The van der Waals surface area contributed by atoms with Crippen molar-refractivity contribution in [2.75, 3.05) is 18.1 Å². The number of ether oxygens (including phenoxy) is 2. The zero-order chi connectivity index (χ0) is 17.5. The summed E-state index contributed by atoms with van der Waals surface area (Å²) < 4.78 is 11.1. The van der Waals surface area contributed by atoms with Crippen molar-refractivity contribution in [3.63, 3.8) is 0 Å². The summed E-state index contributed by atoms with van der Waals surface area (Å²) in [5.74, 6) is 1.75. The summed E-state index contributed by atoms with van der Waals surface area (Å²) in [5, 5.41) is 0. The van der Waals surface area contributed by atoms with Gasteiger partial charge in [-0.2, -0.15) is 0 Å². The van der Waals surface area contributed by atoms with Gasteiger partial charge in [0, 0.05) is 17.1 Å². The van der Waals surface area contributed by atoms with E-state index in [1.165, 1.54) is 0 Å². The molecule has 0 N–H and O–H groups in total. The summed E-state index contributed by atoms with van der Waals surface area (Å²) >= 11 is 0. The van der Waals surface area contributed by atoms with Crippen molar-refractivity contribution >= 4 is 17.1 Å². The van der Waals surface area contributed by atoms with Crippen molar-refractivity contribution < 1.29 is 9.47 Å². The van der Waals surface area contributed by atoms with Gasteiger partial charge in [-0.05, 0) is 80.6 Å². The van der Waals surface area contributed by atoms with E-state index in [0.29, 0.717) is 13.2 Å². The van der Waals surface area contributed by atoms with E-state index in [9.17, 15) is 0 Å². The van der Waals surface area contributed by atoms with E-state index in [4.69, 9.17) is 9.47 Å². The minimum atomic E-state index is 0.663. The second-order valence-electron chi connectivity index (χ2n) is 5.45.